The van der Waals surface area contributed by atoms with Crippen LogP contribution in [0.1, 0.15) is 42.7 Å². The molecule has 1 fully saturated rings. The van der Waals surface area contributed by atoms with E-state index in [4.69, 9.17) is 9.63 Å². The van der Waals surface area contributed by atoms with Gasteiger partial charge < -0.3 is 14.5 Å². The lowest BCUT2D eigenvalue weighted by atomic mass is 9.93. The maximum Gasteiger partial charge on any atom is 0.303 e. The zero-order valence-corrected chi connectivity index (χ0v) is 12.6. The Bertz CT molecular complexity index is 504. The Hall–Kier alpha value is -1.85. The van der Waals surface area contributed by atoms with Crippen molar-refractivity contribution >= 4 is 11.9 Å². The Kier molecular flexibility index (Phi) is 4.98. The molecule has 0 spiro atoms. The number of likely N-dealkylation sites (tertiary alicyclic amines) is 1. The number of hydrogen-bond donors (Lipinski definition) is 1. The number of aromatic nitrogens is 1. The van der Waals surface area contributed by atoms with Crippen LogP contribution in [0.3, 0.4) is 0 Å². The second kappa shape index (κ2) is 6.74. The molecule has 116 valence electrons. The van der Waals surface area contributed by atoms with Crippen molar-refractivity contribution < 1.29 is 19.2 Å². The molecule has 6 heteroatoms. The molecule has 1 aliphatic rings. The van der Waals surface area contributed by atoms with Gasteiger partial charge in [0.15, 0.2) is 0 Å². The summed E-state index contributed by atoms with van der Waals surface area (Å²) >= 11 is 0. The van der Waals surface area contributed by atoms with Gasteiger partial charge in [0.2, 0.25) is 5.91 Å². The molecule has 1 aromatic heterocycles. The molecule has 2 rings (SSSR count). The summed E-state index contributed by atoms with van der Waals surface area (Å²) in [6.07, 6.45) is 3.08. The molecular formula is C15H22N2O4. The minimum Gasteiger partial charge on any atom is -0.481 e. The van der Waals surface area contributed by atoms with Crippen LogP contribution >= 0.6 is 0 Å². The van der Waals surface area contributed by atoms with Crippen molar-refractivity contribution in [1.29, 1.82) is 0 Å². The van der Waals surface area contributed by atoms with Crippen LogP contribution in [-0.2, 0) is 16.0 Å². The zero-order valence-electron chi connectivity index (χ0n) is 12.6. The summed E-state index contributed by atoms with van der Waals surface area (Å²) in [4.78, 5) is 24.9. The van der Waals surface area contributed by atoms with Crippen LogP contribution in [0.2, 0.25) is 0 Å². The second-order valence-electron chi connectivity index (χ2n) is 5.76. The summed E-state index contributed by atoms with van der Waals surface area (Å²) in [7, 11) is 0. The number of aliphatic carboxylic acids is 1. The first-order valence-corrected chi connectivity index (χ1v) is 7.38. The number of piperidine rings is 1. The summed E-state index contributed by atoms with van der Waals surface area (Å²) in [6.45, 7) is 5.07. The van der Waals surface area contributed by atoms with Crippen LogP contribution in [0.4, 0.5) is 0 Å². The predicted molar refractivity (Wildman–Crippen MR) is 75.9 cm³/mol. The molecule has 0 radical (unpaired) electrons. The number of hydrogen-bond acceptors (Lipinski definition) is 4. The Morgan fingerprint density at radius 1 is 1.43 bits per heavy atom. The SMILES string of the molecule is Cc1noc(C)c1CC(=O)N1CCCC(CCC(=O)O)C1. The van der Waals surface area contributed by atoms with Gasteiger partial charge in [-0.3, -0.25) is 9.59 Å². The second-order valence-corrected chi connectivity index (χ2v) is 5.76. The molecule has 1 saturated heterocycles. The van der Waals surface area contributed by atoms with Crippen LogP contribution in [0.5, 0.6) is 0 Å². The number of carboxylic acid groups (broad SMARTS) is 1. The number of carboxylic acids is 1. The molecule has 1 N–H and O–H groups in total. The van der Waals surface area contributed by atoms with Crippen molar-refractivity contribution in [3.63, 3.8) is 0 Å². The van der Waals surface area contributed by atoms with E-state index in [0.717, 1.165) is 30.6 Å². The number of rotatable bonds is 5. The maximum absolute atomic E-state index is 12.4. The fourth-order valence-corrected chi connectivity index (χ4v) is 2.87. The van der Waals surface area contributed by atoms with Crippen molar-refractivity contribution in [2.75, 3.05) is 13.1 Å². The monoisotopic (exact) mass is 294 g/mol. The molecule has 21 heavy (non-hydrogen) atoms. The van der Waals surface area contributed by atoms with Crippen molar-refractivity contribution in [1.82, 2.24) is 10.1 Å². The van der Waals surface area contributed by atoms with Gasteiger partial charge >= 0.3 is 5.97 Å². The third-order valence-electron chi connectivity index (χ3n) is 4.15. The lowest BCUT2D eigenvalue weighted by molar-refractivity contribution is -0.137. The molecule has 1 aromatic rings. The molecule has 1 amide bonds. The van der Waals surface area contributed by atoms with Gasteiger partial charge in [-0.25, -0.2) is 0 Å². The van der Waals surface area contributed by atoms with Crippen molar-refractivity contribution in [3.8, 4) is 0 Å². The zero-order chi connectivity index (χ0) is 15.4. The molecule has 0 saturated carbocycles. The predicted octanol–water partition coefficient (Wildman–Crippen LogP) is 1.94. The molecule has 1 atom stereocenters. The maximum atomic E-state index is 12.4. The van der Waals surface area contributed by atoms with E-state index in [0.29, 0.717) is 31.1 Å². The summed E-state index contributed by atoms with van der Waals surface area (Å²) in [5, 5.41) is 12.6. The highest BCUT2D eigenvalue weighted by atomic mass is 16.5. The lowest BCUT2D eigenvalue weighted by Crippen LogP contribution is -2.40. The van der Waals surface area contributed by atoms with Crippen LogP contribution in [0.15, 0.2) is 4.52 Å². The Balaban J connectivity index is 1.91. The van der Waals surface area contributed by atoms with E-state index in [1.165, 1.54) is 0 Å². The Morgan fingerprint density at radius 3 is 2.81 bits per heavy atom. The minimum absolute atomic E-state index is 0.0735. The minimum atomic E-state index is -0.769. The van der Waals surface area contributed by atoms with Crippen LogP contribution in [0, 0.1) is 19.8 Å². The van der Waals surface area contributed by atoms with Crippen LogP contribution in [-0.4, -0.2) is 40.1 Å². The number of carbonyl (C=O) groups excluding carboxylic acids is 1. The fourth-order valence-electron chi connectivity index (χ4n) is 2.87. The number of amides is 1. The standard InChI is InChI=1S/C15H22N2O4/c1-10-13(11(2)21-16-10)8-14(18)17-7-3-4-12(9-17)5-6-15(19)20/h12H,3-9H2,1-2H3,(H,19,20). The van der Waals surface area contributed by atoms with Gasteiger partial charge in [0.05, 0.1) is 12.1 Å². The molecular weight excluding hydrogens is 272 g/mol. The quantitative estimate of drug-likeness (QED) is 0.897. The van der Waals surface area contributed by atoms with Crippen molar-refractivity contribution in [2.24, 2.45) is 5.92 Å². The number of aryl methyl sites for hydroxylation is 2. The Labute approximate surface area is 124 Å². The third-order valence-corrected chi connectivity index (χ3v) is 4.15. The number of carbonyl (C=O) groups is 2. The van der Waals surface area contributed by atoms with Gasteiger partial charge in [0, 0.05) is 25.1 Å². The average molecular weight is 294 g/mol. The molecule has 1 unspecified atom stereocenters. The fraction of sp³-hybridized carbons (Fsp3) is 0.667. The van der Waals surface area contributed by atoms with Crippen LogP contribution in [0.25, 0.3) is 0 Å². The topological polar surface area (TPSA) is 83.6 Å². The third kappa shape index (κ3) is 4.06. The van der Waals surface area contributed by atoms with Gasteiger partial charge in [-0.05, 0) is 39.0 Å². The van der Waals surface area contributed by atoms with Gasteiger partial charge in [0.25, 0.3) is 0 Å². The lowest BCUT2D eigenvalue weighted by Gasteiger charge is -2.32. The normalized spacial score (nSPS) is 18.8. The molecule has 0 aliphatic carbocycles. The molecule has 2 heterocycles. The highest BCUT2D eigenvalue weighted by molar-refractivity contribution is 5.79. The highest BCUT2D eigenvalue weighted by Crippen LogP contribution is 2.22. The van der Waals surface area contributed by atoms with E-state index in [-0.39, 0.29) is 12.3 Å². The van der Waals surface area contributed by atoms with Gasteiger partial charge in [0.1, 0.15) is 5.76 Å². The van der Waals surface area contributed by atoms with Crippen LogP contribution < -0.4 is 0 Å². The molecule has 0 aromatic carbocycles. The van der Waals surface area contributed by atoms with Crippen molar-refractivity contribution in [3.05, 3.63) is 17.0 Å². The number of nitrogens with zero attached hydrogens (tertiary/aromatic N) is 2. The molecule has 6 nitrogen and oxygen atoms in total. The summed E-state index contributed by atoms with van der Waals surface area (Å²) in [5.74, 6) is 0.294. The van der Waals surface area contributed by atoms with E-state index in [1.54, 1.807) is 0 Å². The highest BCUT2D eigenvalue weighted by Gasteiger charge is 2.25. The Morgan fingerprint density at radius 2 is 2.19 bits per heavy atom. The first kappa shape index (κ1) is 15.5. The van der Waals surface area contributed by atoms with E-state index < -0.39 is 5.97 Å². The smallest absolute Gasteiger partial charge is 0.303 e. The van der Waals surface area contributed by atoms with E-state index in [2.05, 4.69) is 5.16 Å². The molecule has 0 bridgehead atoms. The summed E-state index contributed by atoms with van der Waals surface area (Å²) < 4.78 is 5.08. The largest absolute Gasteiger partial charge is 0.481 e. The van der Waals surface area contributed by atoms with Gasteiger partial charge in [-0.15, -0.1) is 0 Å². The molecule has 1 aliphatic heterocycles. The van der Waals surface area contributed by atoms with E-state index in [1.807, 2.05) is 18.7 Å². The average Bonchev–Trinajstić information content (AvgIpc) is 2.77. The van der Waals surface area contributed by atoms with E-state index >= 15 is 0 Å². The van der Waals surface area contributed by atoms with Crippen molar-refractivity contribution in [2.45, 2.75) is 46.0 Å². The first-order chi connectivity index (χ1) is 9.97. The van der Waals surface area contributed by atoms with Gasteiger partial charge in [-0.1, -0.05) is 5.16 Å². The van der Waals surface area contributed by atoms with E-state index in [9.17, 15) is 9.59 Å². The summed E-state index contributed by atoms with van der Waals surface area (Å²) in [6, 6.07) is 0. The van der Waals surface area contributed by atoms with Gasteiger partial charge in [-0.2, -0.15) is 0 Å². The first-order valence-electron chi connectivity index (χ1n) is 7.38. The summed E-state index contributed by atoms with van der Waals surface area (Å²) in [5.41, 5.74) is 1.63.